The Hall–Kier alpha value is -3.49. The molecule has 0 aliphatic carbocycles. The molecule has 2 aromatic heterocycles. The van der Waals surface area contributed by atoms with E-state index in [-0.39, 0.29) is 5.56 Å². The molecule has 0 radical (unpaired) electrons. The van der Waals surface area contributed by atoms with Crippen LogP contribution in [-0.4, -0.2) is 9.55 Å². The van der Waals surface area contributed by atoms with E-state index in [1.54, 1.807) is 28.0 Å². The first-order valence-corrected chi connectivity index (χ1v) is 10.3. The van der Waals surface area contributed by atoms with Gasteiger partial charge < -0.3 is 0 Å². The third kappa shape index (κ3) is 2.89. The van der Waals surface area contributed by atoms with Gasteiger partial charge in [-0.25, -0.2) is 4.98 Å². The highest BCUT2D eigenvalue weighted by molar-refractivity contribution is 7.19. The molecule has 1 aliphatic rings. The number of hydrogen-bond donors (Lipinski definition) is 0. The van der Waals surface area contributed by atoms with Gasteiger partial charge in [-0.3, -0.25) is 9.36 Å². The lowest BCUT2D eigenvalue weighted by Gasteiger charge is -2.05. The fourth-order valence-electron chi connectivity index (χ4n) is 3.94. The molecule has 0 fully saturated rings. The van der Waals surface area contributed by atoms with Crippen LogP contribution < -0.4 is 5.56 Å². The molecule has 1 aliphatic heterocycles. The number of fused-ring (bicyclic) bond motifs is 2. The number of thiophene rings is 1. The summed E-state index contributed by atoms with van der Waals surface area (Å²) in [6.45, 7) is 2.69. The van der Waals surface area contributed by atoms with Gasteiger partial charge in [0.1, 0.15) is 10.7 Å². The summed E-state index contributed by atoms with van der Waals surface area (Å²) < 4.78 is 1.80. The molecule has 0 atom stereocenters. The molecular weight excluding hydrogens is 378 g/mol. The SMILES string of the molecule is Cc1sc2nc3n(c(=O)c2c1-c1ccccc1)CC/C3=C/c1ccc(C#N)cc1. The number of rotatable bonds is 2. The van der Waals surface area contributed by atoms with E-state index in [9.17, 15) is 4.79 Å². The van der Waals surface area contributed by atoms with Crippen LogP contribution >= 0.6 is 11.3 Å². The fourth-order valence-corrected chi connectivity index (χ4v) is 4.97. The Morgan fingerprint density at radius 2 is 1.90 bits per heavy atom. The summed E-state index contributed by atoms with van der Waals surface area (Å²) in [5, 5.41) is 9.69. The molecule has 0 amide bonds. The smallest absolute Gasteiger partial charge is 0.263 e. The largest absolute Gasteiger partial charge is 0.292 e. The fraction of sp³-hybridized carbons (Fsp3) is 0.125. The number of hydrogen-bond acceptors (Lipinski definition) is 4. The summed E-state index contributed by atoms with van der Waals surface area (Å²) in [6.07, 6.45) is 2.84. The molecule has 0 bridgehead atoms. The molecule has 0 saturated carbocycles. The highest BCUT2D eigenvalue weighted by Crippen LogP contribution is 2.37. The zero-order valence-corrected chi connectivity index (χ0v) is 16.7. The van der Waals surface area contributed by atoms with Crippen molar-refractivity contribution in [3.63, 3.8) is 0 Å². The lowest BCUT2D eigenvalue weighted by Crippen LogP contribution is -2.20. The number of benzene rings is 2. The third-order valence-corrected chi connectivity index (χ3v) is 6.32. The number of aryl methyl sites for hydroxylation is 1. The van der Waals surface area contributed by atoms with Crippen molar-refractivity contribution in [2.75, 3.05) is 0 Å². The van der Waals surface area contributed by atoms with E-state index in [0.717, 1.165) is 49.6 Å². The van der Waals surface area contributed by atoms with Crippen molar-refractivity contribution in [3.05, 3.63) is 86.8 Å². The lowest BCUT2D eigenvalue weighted by molar-refractivity contribution is 0.726. The normalized spacial score (nSPS) is 14.3. The van der Waals surface area contributed by atoms with Crippen molar-refractivity contribution >= 4 is 33.2 Å². The van der Waals surface area contributed by atoms with Gasteiger partial charge >= 0.3 is 0 Å². The molecule has 4 aromatic rings. The summed E-state index contributed by atoms with van der Waals surface area (Å²) >= 11 is 1.58. The number of nitrogens with zero attached hydrogens (tertiary/aromatic N) is 3. The van der Waals surface area contributed by atoms with Gasteiger partial charge in [-0.2, -0.15) is 5.26 Å². The Kier molecular flexibility index (Phi) is 4.15. The molecule has 140 valence electrons. The van der Waals surface area contributed by atoms with Crippen molar-refractivity contribution in [2.24, 2.45) is 0 Å². The van der Waals surface area contributed by atoms with Crippen molar-refractivity contribution in [1.82, 2.24) is 9.55 Å². The zero-order chi connectivity index (χ0) is 20.0. The molecule has 0 N–H and O–H groups in total. The predicted octanol–water partition coefficient (Wildman–Crippen LogP) is 5.25. The number of allylic oxidation sites excluding steroid dienone is 1. The Labute approximate surface area is 172 Å². The Morgan fingerprint density at radius 1 is 1.14 bits per heavy atom. The lowest BCUT2D eigenvalue weighted by atomic mass is 10.0. The molecule has 0 unspecified atom stereocenters. The van der Waals surface area contributed by atoms with Crippen molar-refractivity contribution < 1.29 is 0 Å². The first kappa shape index (κ1) is 17.6. The minimum absolute atomic E-state index is 0.0384. The van der Waals surface area contributed by atoms with Crippen molar-refractivity contribution in [1.29, 1.82) is 5.26 Å². The van der Waals surface area contributed by atoms with E-state index in [1.807, 2.05) is 42.5 Å². The first-order chi connectivity index (χ1) is 14.2. The third-order valence-electron chi connectivity index (χ3n) is 5.32. The second-order valence-electron chi connectivity index (χ2n) is 7.13. The van der Waals surface area contributed by atoms with Gasteiger partial charge in [0.05, 0.1) is 17.0 Å². The van der Waals surface area contributed by atoms with Gasteiger partial charge in [0, 0.05) is 17.0 Å². The second kappa shape index (κ2) is 6.84. The van der Waals surface area contributed by atoms with Crippen LogP contribution in [0.5, 0.6) is 0 Å². The van der Waals surface area contributed by atoms with Gasteiger partial charge in [-0.1, -0.05) is 42.5 Å². The topological polar surface area (TPSA) is 58.7 Å². The second-order valence-corrected chi connectivity index (χ2v) is 8.33. The Bertz CT molecular complexity index is 1370. The maximum Gasteiger partial charge on any atom is 0.263 e. The van der Waals surface area contributed by atoms with E-state index in [0.29, 0.717) is 12.1 Å². The quantitative estimate of drug-likeness (QED) is 0.466. The molecule has 2 aromatic carbocycles. The van der Waals surface area contributed by atoms with Gasteiger partial charge in [-0.15, -0.1) is 11.3 Å². The summed E-state index contributed by atoms with van der Waals surface area (Å²) in [6, 6.07) is 19.7. The molecule has 5 rings (SSSR count). The molecule has 3 heterocycles. The monoisotopic (exact) mass is 395 g/mol. The predicted molar refractivity (Wildman–Crippen MR) is 118 cm³/mol. The van der Waals surface area contributed by atoms with Gasteiger partial charge in [0.2, 0.25) is 0 Å². The van der Waals surface area contributed by atoms with E-state index in [4.69, 9.17) is 10.2 Å². The zero-order valence-electron chi connectivity index (χ0n) is 15.8. The minimum Gasteiger partial charge on any atom is -0.292 e. The summed E-state index contributed by atoms with van der Waals surface area (Å²) in [4.78, 5) is 20.2. The van der Waals surface area contributed by atoms with Crippen LogP contribution in [-0.2, 0) is 6.54 Å². The molecular formula is C24H17N3OS. The summed E-state index contributed by atoms with van der Waals surface area (Å²) in [5.74, 6) is 0.757. The molecule has 5 heteroatoms. The molecule has 4 nitrogen and oxygen atoms in total. The Morgan fingerprint density at radius 3 is 2.62 bits per heavy atom. The number of aromatic nitrogens is 2. The maximum atomic E-state index is 13.4. The standard InChI is InChI=1S/C24H17N3OS/c1-15-20(18-5-3-2-4-6-18)21-23(29-15)26-22-19(11-12-27(22)24(21)28)13-16-7-9-17(14-25)10-8-16/h2-10,13H,11-12H2,1H3/b19-13-. The molecule has 0 spiro atoms. The molecule has 0 saturated heterocycles. The van der Waals surface area contributed by atoms with Crippen LogP contribution in [0.15, 0.2) is 59.4 Å². The van der Waals surface area contributed by atoms with Crippen LogP contribution in [0.2, 0.25) is 0 Å². The average molecular weight is 395 g/mol. The van der Waals surface area contributed by atoms with E-state index >= 15 is 0 Å². The van der Waals surface area contributed by atoms with E-state index in [1.165, 1.54) is 0 Å². The van der Waals surface area contributed by atoms with Gasteiger partial charge in [0.15, 0.2) is 0 Å². The number of nitriles is 1. The highest BCUT2D eigenvalue weighted by atomic mass is 32.1. The van der Waals surface area contributed by atoms with Crippen LogP contribution in [0.3, 0.4) is 0 Å². The van der Waals surface area contributed by atoms with Crippen molar-refractivity contribution in [2.45, 2.75) is 19.9 Å². The molecule has 29 heavy (non-hydrogen) atoms. The summed E-state index contributed by atoms with van der Waals surface area (Å²) in [7, 11) is 0. The first-order valence-electron chi connectivity index (χ1n) is 9.46. The minimum atomic E-state index is 0.0384. The van der Waals surface area contributed by atoms with Gasteiger partial charge in [0.25, 0.3) is 5.56 Å². The van der Waals surface area contributed by atoms with Gasteiger partial charge in [-0.05, 0) is 48.3 Å². The average Bonchev–Trinajstić information content (AvgIpc) is 3.30. The van der Waals surface area contributed by atoms with E-state index in [2.05, 4.69) is 19.1 Å². The van der Waals surface area contributed by atoms with Crippen LogP contribution in [0.25, 0.3) is 33.0 Å². The van der Waals surface area contributed by atoms with Crippen LogP contribution in [0.4, 0.5) is 0 Å². The maximum absolute atomic E-state index is 13.4. The van der Waals surface area contributed by atoms with Crippen LogP contribution in [0, 0.1) is 18.3 Å². The van der Waals surface area contributed by atoms with Crippen molar-refractivity contribution in [3.8, 4) is 17.2 Å². The van der Waals surface area contributed by atoms with Crippen LogP contribution in [0.1, 0.15) is 28.2 Å². The Balaban J connectivity index is 1.67. The highest BCUT2D eigenvalue weighted by Gasteiger charge is 2.24. The van der Waals surface area contributed by atoms with E-state index < -0.39 is 0 Å². The summed E-state index contributed by atoms with van der Waals surface area (Å²) in [5.41, 5.74) is 4.80.